The van der Waals surface area contributed by atoms with Crippen molar-refractivity contribution in [2.24, 2.45) is 0 Å². The van der Waals surface area contributed by atoms with Crippen LogP contribution in [0.2, 0.25) is 0 Å². The van der Waals surface area contributed by atoms with Crippen LogP contribution in [0, 0.1) is 13.8 Å². The van der Waals surface area contributed by atoms with E-state index in [1.807, 2.05) is 36.9 Å². The molecule has 0 saturated heterocycles. The summed E-state index contributed by atoms with van der Waals surface area (Å²) in [7, 11) is -3.98. The van der Waals surface area contributed by atoms with Gasteiger partial charge in [-0.3, -0.25) is 4.55 Å². The largest absolute Gasteiger partial charge is 0.508 e. The van der Waals surface area contributed by atoms with Crippen molar-refractivity contribution in [3.8, 4) is 11.5 Å². The number of hydrogen-bond donors (Lipinski definition) is 3. The third-order valence-corrected chi connectivity index (χ3v) is 4.68. The Bertz CT molecular complexity index is 828. The molecule has 136 valence electrons. The van der Waals surface area contributed by atoms with Gasteiger partial charge in [0.1, 0.15) is 11.5 Å². The number of nitrogens with zero attached hydrogens (tertiary/aromatic N) is 1. The molecule has 7 heteroatoms. The van der Waals surface area contributed by atoms with Crippen molar-refractivity contribution >= 4 is 21.5 Å². The standard InChI is InChI=1S/C18H23NO5S/c1-13-5-6-18(14(2)9-13)19(7-3-4-8-25(22,23)24)15-10-16(20)12-17(21)11-15/h5-6,9-12,20-21H,3-4,7-8H2,1-2H3,(H,22,23,24). The molecular formula is C18H23NO5S. The number of benzene rings is 2. The van der Waals surface area contributed by atoms with E-state index in [4.69, 9.17) is 4.55 Å². The lowest BCUT2D eigenvalue weighted by Crippen LogP contribution is -2.20. The van der Waals surface area contributed by atoms with E-state index in [0.29, 0.717) is 25.1 Å². The molecule has 0 aromatic heterocycles. The quantitative estimate of drug-likeness (QED) is 0.513. The molecule has 0 aliphatic rings. The fourth-order valence-electron chi connectivity index (χ4n) is 2.79. The zero-order valence-corrected chi connectivity index (χ0v) is 15.1. The van der Waals surface area contributed by atoms with E-state index in [9.17, 15) is 18.6 Å². The fraction of sp³-hybridized carbons (Fsp3) is 0.333. The van der Waals surface area contributed by atoms with Crippen LogP contribution in [-0.2, 0) is 10.1 Å². The molecule has 3 N–H and O–H groups in total. The second kappa shape index (κ2) is 7.76. The summed E-state index contributed by atoms with van der Waals surface area (Å²) in [4.78, 5) is 1.91. The second-order valence-corrected chi connectivity index (χ2v) is 7.71. The molecule has 0 radical (unpaired) electrons. The van der Waals surface area contributed by atoms with Crippen molar-refractivity contribution in [2.75, 3.05) is 17.2 Å². The maximum absolute atomic E-state index is 10.9. The Kier molecular flexibility index (Phi) is 5.92. The third-order valence-electron chi connectivity index (χ3n) is 3.88. The first-order chi connectivity index (χ1) is 11.7. The number of aryl methyl sites for hydroxylation is 2. The number of rotatable bonds is 7. The molecule has 0 saturated carbocycles. The first kappa shape index (κ1) is 19.1. The monoisotopic (exact) mass is 365 g/mol. The van der Waals surface area contributed by atoms with Gasteiger partial charge in [-0.25, -0.2) is 0 Å². The van der Waals surface area contributed by atoms with Gasteiger partial charge in [0, 0.05) is 36.1 Å². The van der Waals surface area contributed by atoms with Crippen LogP contribution in [0.4, 0.5) is 11.4 Å². The number of phenolic OH excluding ortho intramolecular Hbond substituents is 2. The number of hydrogen-bond acceptors (Lipinski definition) is 5. The first-order valence-corrected chi connectivity index (χ1v) is 9.59. The summed E-state index contributed by atoms with van der Waals surface area (Å²) in [5.74, 6) is -0.399. The Balaban J connectivity index is 2.30. The SMILES string of the molecule is Cc1ccc(N(CCCCS(=O)(=O)O)c2cc(O)cc(O)c2)c(C)c1. The number of anilines is 2. The van der Waals surface area contributed by atoms with Crippen molar-refractivity contribution in [2.45, 2.75) is 26.7 Å². The van der Waals surface area contributed by atoms with Crippen LogP contribution in [0.3, 0.4) is 0 Å². The van der Waals surface area contributed by atoms with Crippen molar-refractivity contribution in [1.29, 1.82) is 0 Å². The highest BCUT2D eigenvalue weighted by atomic mass is 32.2. The molecule has 0 bridgehead atoms. The number of phenols is 2. The van der Waals surface area contributed by atoms with Crippen LogP contribution >= 0.6 is 0 Å². The van der Waals surface area contributed by atoms with Crippen LogP contribution in [0.5, 0.6) is 11.5 Å². The van der Waals surface area contributed by atoms with Gasteiger partial charge in [-0.15, -0.1) is 0 Å². The zero-order valence-electron chi connectivity index (χ0n) is 14.3. The lowest BCUT2D eigenvalue weighted by atomic mass is 10.1. The predicted molar refractivity (Wildman–Crippen MR) is 98.3 cm³/mol. The van der Waals surface area contributed by atoms with E-state index in [2.05, 4.69) is 0 Å². The fourth-order valence-corrected chi connectivity index (χ4v) is 3.36. The molecule has 2 aromatic carbocycles. The summed E-state index contributed by atoms with van der Waals surface area (Å²) in [6.45, 7) is 4.44. The minimum absolute atomic E-state index is 0.0531. The summed E-state index contributed by atoms with van der Waals surface area (Å²) in [5.41, 5.74) is 3.66. The molecule has 0 unspecified atom stereocenters. The van der Waals surface area contributed by atoms with Crippen LogP contribution in [-0.4, -0.2) is 35.5 Å². The van der Waals surface area contributed by atoms with E-state index in [1.54, 1.807) is 12.1 Å². The van der Waals surface area contributed by atoms with Crippen LogP contribution in [0.1, 0.15) is 24.0 Å². The summed E-state index contributed by atoms with van der Waals surface area (Å²) in [6.07, 6.45) is 0.828. The highest BCUT2D eigenvalue weighted by Gasteiger charge is 2.14. The van der Waals surface area contributed by atoms with Gasteiger partial charge in [-0.1, -0.05) is 17.7 Å². The zero-order chi connectivity index (χ0) is 18.6. The average Bonchev–Trinajstić information content (AvgIpc) is 2.46. The van der Waals surface area contributed by atoms with Gasteiger partial charge in [0.05, 0.1) is 5.75 Å². The Morgan fingerprint density at radius 3 is 2.16 bits per heavy atom. The number of unbranched alkanes of at least 4 members (excludes halogenated alkanes) is 1. The maximum Gasteiger partial charge on any atom is 0.264 e. The van der Waals surface area contributed by atoms with E-state index in [-0.39, 0.29) is 17.3 Å². The summed E-state index contributed by atoms with van der Waals surface area (Å²) < 4.78 is 30.6. The molecule has 2 aromatic rings. The molecule has 0 spiro atoms. The smallest absolute Gasteiger partial charge is 0.264 e. The highest BCUT2D eigenvalue weighted by molar-refractivity contribution is 7.85. The molecule has 0 amide bonds. The lowest BCUT2D eigenvalue weighted by molar-refractivity contribution is 0.450. The molecule has 2 rings (SSSR count). The Hall–Kier alpha value is -2.25. The number of aromatic hydroxyl groups is 2. The Morgan fingerprint density at radius 1 is 0.960 bits per heavy atom. The Morgan fingerprint density at radius 2 is 1.60 bits per heavy atom. The minimum atomic E-state index is -3.98. The summed E-state index contributed by atoms with van der Waals surface area (Å²) in [6, 6.07) is 10.3. The molecule has 0 heterocycles. The van der Waals surface area contributed by atoms with Crippen molar-refractivity contribution in [3.05, 3.63) is 47.5 Å². The van der Waals surface area contributed by atoms with Crippen LogP contribution < -0.4 is 4.90 Å². The molecule has 0 aliphatic carbocycles. The van der Waals surface area contributed by atoms with Crippen LogP contribution in [0.15, 0.2) is 36.4 Å². The normalized spacial score (nSPS) is 11.5. The topological polar surface area (TPSA) is 98.1 Å². The van der Waals surface area contributed by atoms with Gasteiger partial charge in [0.25, 0.3) is 10.1 Å². The molecule has 0 aliphatic heterocycles. The van der Waals surface area contributed by atoms with Crippen LogP contribution in [0.25, 0.3) is 0 Å². The molecule has 6 nitrogen and oxygen atoms in total. The van der Waals surface area contributed by atoms with E-state index in [0.717, 1.165) is 16.8 Å². The molecule has 25 heavy (non-hydrogen) atoms. The van der Waals surface area contributed by atoms with Crippen molar-refractivity contribution < 1.29 is 23.2 Å². The summed E-state index contributed by atoms with van der Waals surface area (Å²) >= 11 is 0. The van der Waals surface area contributed by atoms with Gasteiger partial charge in [-0.05, 0) is 38.3 Å². The van der Waals surface area contributed by atoms with E-state index in [1.165, 1.54) is 6.07 Å². The second-order valence-electron chi connectivity index (χ2n) is 6.14. The average molecular weight is 365 g/mol. The van der Waals surface area contributed by atoms with Gasteiger partial charge < -0.3 is 15.1 Å². The van der Waals surface area contributed by atoms with Gasteiger partial charge >= 0.3 is 0 Å². The highest BCUT2D eigenvalue weighted by Crippen LogP contribution is 2.34. The Labute approximate surface area is 148 Å². The van der Waals surface area contributed by atoms with Gasteiger partial charge in [0.2, 0.25) is 0 Å². The molecule has 0 atom stereocenters. The summed E-state index contributed by atoms with van der Waals surface area (Å²) in [5, 5.41) is 19.6. The molecule has 0 fully saturated rings. The molecular weight excluding hydrogens is 342 g/mol. The van der Waals surface area contributed by atoms with E-state index >= 15 is 0 Å². The van der Waals surface area contributed by atoms with Gasteiger partial charge in [0.15, 0.2) is 0 Å². The van der Waals surface area contributed by atoms with Crippen molar-refractivity contribution in [3.63, 3.8) is 0 Å². The maximum atomic E-state index is 10.9. The predicted octanol–water partition coefficient (Wildman–Crippen LogP) is 3.52. The minimum Gasteiger partial charge on any atom is -0.508 e. The van der Waals surface area contributed by atoms with Gasteiger partial charge in [-0.2, -0.15) is 8.42 Å². The van der Waals surface area contributed by atoms with E-state index < -0.39 is 10.1 Å². The third kappa shape index (κ3) is 5.65. The van der Waals surface area contributed by atoms with Crippen molar-refractivity contribution in [1.82, 2.24) is 0 Å². The first-order valence-electron chi connectivity index (χ1n) is 7.99. The lowest BCUT2D eigenvalue weighted by Gasteiger charge is -2.27.